The van der Waals surface area contributed by atoms with Crippen LogP contribution in [0.5, 0.6) is 0 Å². The van der Waals surface area contributed by atoms with Gasteiger partial charge in [0.2, 0.25) is 0 Å². The van der Waals surface area contributed by atoms with Gasteiger partial charge in [0.1, 0.15) is 5.82 Å². The zero-order valence-corrected chi connectivity index (χ0v) is 12.6. The van der Waals surface area contributed by atoms with E-state index in [-0.39, 0.29) is 5.56 Å². The zero-order valence-electron chi connectivity index (χ0n) is 12.6. The van der Waals surface area contributed by atoms with Crippen molar-refractivity contribution in [1.82, 2.24) is 4.98 Å². The number of aromatic carboxylic acids is 1. The smallest absolute Gasteiger partial charge is 0.335 e. The van der Waals surface area contributed by atoms with Crippen molar-refractivity contribution in [1.29, 1.82) is 0 Å². The van der Waals surface area contributed by atoms with Crippen molar-refractivity contribution < 1.29 is 9.90 Å². The molecular formula is C17H20N2O2. The second kappa shape index (κ2) is 6.39. The standard InChI is InChI=1S/C17H20N2O2/c1-4-14-9-13(17(20)21)10-16(18-14)19-15-7-5-6-12(8-15)11(2)3/h5-11H,4H2,1-3H3,(H,18,19)(H,20,21). The van der Waals surface area contributed by atoms with Gasteiger partial charge in [-0.1, -0.05) is 32.9 Å². The van der Waals surface area contributed by atoms with Crippen LogP contribution >= 0.6 is 0 Å². The second-order valence-corrected chi connectivity index (χ2v) is 5.30. The molecule has 2 rings (SSSR count). The molecule has 0 atom stereocenters. The Labute approximate surface area is 124 Å². The quantitative estimate of drug-likeness (QED) is 0.863. The molecule has 1 aromatic carbocycles. The maximum Gasteiger partial charge on any atom is 0.335 e. The summed E-state index contributed by atoms with van der Waals surface area (Å²) in [5.74, 6) is 0.0648. The molecule has 0 saturated heterocycles. The number of hydrogen-bond donors (Lipinski definition) is 2. The van der Waals surface area contributed by atoms with Crippen molar-refractivity contribution in [3.63, 3.8) is 0 Å². The van der Waals surface area contributed by atoms with E-state index in [2.05, 4.69) is 36.3 Å². The summed E-state index contributed by atoms with van der Waals surface area (Å²) in [6, 6.07) is 11.2. The van der Waals surface area contributed by atoms with Gasteiger partial charge >= 0.3 is 5.97 Å². The second-order valence-electron chi connectivity index (χ2n) is 5.30. The summed E-state index contributed by atoms with van der Waals surface area (Å²) in [5.41, 5.74) is 3.16. The third-order valence-corrected chi connectivity index (χ3v) is 3.31. The van der Waals surface area contributed by atoms with Gasteiger partial charge in [-0.2, -0.15) is 0 Å². The van der Waals surface area contributed by atoms with Gasteiger partial charge in [0.15, 0.2) is 0 Å². The van der Waals surface area contributed by atoms with Crippen LogP contribution < -0.4 is 5.32 Å². The highest BCUT2D eigenvalue weighted by molar-refractivity contribution is 5.88. The number of hydrogen-bond acceptors (Lipinski definition) is 3. The number of pyridine rings is 1. The fourth-order valence-electron chi connectivity index (χ4n) is 2.08. The number of aryl methyl sites for hydroxylation is 1. The zero-order chi connectivity index (χ0) is 15.4. The van der Waals surface area contributed by atoms with E-state index in [9.17, 15) is 4.79 Å². The van der Waals surface area contributed by atoms with Crippen molar-refractivity contribution >= 4 is 17.5 Å². The summed E-state index contributed by atoms with van der Waals surface area (Å²) >= 11 is 0. The molecule has 2 N–H and O–H groups in total. The van der Waals surface area contributed by atoms with Crippen molar-refractivity contribution in [3.8, 4) is 0 Å². The Morgan fingerprint density at radius 3 is 2.67 bits per heavy atom. The summed E-state index contributed by atoms with van der Waals surface area (Å²) in [6.45, 7) is 6.23. The molecule has 0 spiro atoms. The van der Waals surface area contributed by atoms with Crippen LogP contribution in [0.1, 0.15) is 48.3 Å². The summed E-state index contributed by atoms with van der Waals surface area (Å²) in [5, 5.41) is 12.4. The molecule has 0 fully saturated rings. The lowest BCUT2D eigenvalue weighted by atomic mass is 10.0. The van der Waals surface area contributed by atoms with Crippen LogP contribution in [0.15, 0.2) is 36.4 Å². The normalized spacial score (nSPS) is 10.7. The minimum atomic E-state index is -0.939. The Balaban J connectivity index is 2.32. The van der Waals surface area contributed by atoms with Crippen molar-refractivity contribution in [3.05, 3.63) is 53.2 Å². The van der Waals surface area contributed by atoms with E-state index in [4.69, 9.17) is 5.11 Å². The van der Waals surface area contributed by atoms with E-state index >= 15 is 0 Å². The molecule has 4 heteroatoms. The monoisotopic (exact) mass is 284 g/mol. The summed E-state index contributed by atoms with van der Waals surface area (Å²) < 4.78 is 0. The Hall–Kier alpha value is -2.36. The fourth-order valence-corrected chi connectivity index (χ4v) is 2.08. The maximum absolute atomic E-state index is 11.2. The molecule has 0 radical (unpaired) electrons. The number of carboxylic acids is 1. The number of rotatable bonds is 5. The van der Waals surface area contributed by atoms with Crippen molar-refractivity contribution in [2.24, 2.45) is 0 Å². The van der Waals surface area contributed by atoms with Gasteiger partial charge in [-0.3, -0.25) is 0 Å². The number of anilines is 2. The van der Waals surface area contributed by atoms with Crippen LogP contribution in [0.2, 0.25) is 0 Å². The molecule has 0 saturated carbocycles. The number of benzene rings is 1. The van der Waals surface area contributed by atoms with Crippen LogP contribution in [0.4, 0.5) is 11.5 Å². The number of aromatic nitrogens is 1. The highest BCUT2D eigenvalue weighted by atomic mass is 16.4. The van der Waals surface area contributed by atoms with Gasteiger partial charge in [0.25, 0.3) is 0 Å². The topological polar surface area (TPSA) is 62.2 Å². The average molecular weight is 284 g/mol. The van der Waals surface area contributed by atoms with E-state index in [0.717, 1.165) is 11.4 Å². The van der Waals surface area contributed by atoms with Gasteiger partial charge in [-0.25, -0.2) is 9.78 Å². The first-order valence-electron chi connectivity index (χ1n) is 7.11. The third-order valence-electron chi connectivity index (χ3n) is 3.31. The van der Waals surface area contributed by atoms with Gasteiger partial charge < -0.3 is 10.4 Å². The Morgan fingerprint density at radius 1 is 1.29 bits per heavy atom. The van der Waals surface area contributed by atoms with E-state index in [1.54, 1.807) is 12.1 Å². The molecule has 0 amide bonds. The van der Waals surface area contributed by atoms with Crippen molar-refractivity contribution in [2.75, 3.05) is 5.32 Å². The SMILES string of the molecule is CCc1cc(C(=O)O)cc(Nc2cccc(C(C)C)c2)n1. The lowest BCUT2D eigenvalue weighted by molar-refractivity contribution is 0.0696. The molecule has 4 nitrogen and oxygen atoms in total. The highest BCUT2D eigenvalue weighted by Gasteiger charge is 2.08. The minimum Gasteiger partial charge on any atom is -0.478 e. The number of carbonyl (C=O) groups is 1. The van der Waals surface area contributed by atoms with Crippen molar-refractivity contribution in [2.45, 2.75) is 33.1 Å². The largest absolute Gasteiger partial charge is 0.478 e. The molecule has 2 aromatic rings. The molecule has 0 aliphatic rings. The van der Waals surface area contributed by atoms with Crippen LogP contribution in [-0.4, -0.2) is 16.1 Å². The first-order valence-corrected chi connectivity index (χ1v) is 7.11. The Kier molecular flexibility index (Phi) is 4.58. The van der Waals surface area contributed by atoms with Gasteiger partial charge in [-0.05, 0) is 42.2 Å². The average Bonchev–Trinajstić information content (AvgIpc) is 2.47. The van der Waals surface area contributed by atoms with Crippen LogP contribution in [0, 0.1) is 0 Å². The molecular weight excluding hydrogens is 264 g/mol. The summed E-state index contributed by atoms with van der Waals surface area (Å²) in [7, 11) is 0. The lowest BCUT2D eigenvalue weighted by Gasteiger charge is -2.11. The van der Waals surface area contributed by atoms with Gasteiger partial charge in [0.05, 0.1) is 5.56 Å². The van der Waals surface area contributed by atoms with E-state index in [1.165, 1.54) is 5.56 Å². The van der Waals surface area contributed by atoms with E-state index < -0.39 is 5.97 Å². The van der Waals surface area contributed by atoms with Crippen LogP contribution in [0.3, 0.4) is 0 Å². The van der Waals surface area contributed by atoms with E-state index in [0.29, 0.717) is 18.2 Å². The molecule has 110 valence electrons. The molecule has 0 bridgehead atoms. The fraction of sp³-hybridized carbons (Fsp3) is 0.294. The Morgan fingerprint density at radius 2 is 2.05 bits per heavy atom. The molecule has 1 heterocycles. The molecule has 0 aliphatic carbocycles. The maximum atomic E-state index is 11.2. The molecule has 0 aliphatic heterocycles. The molecule has 21 heavy (non-hydrogen) atoms. The van der Waals surface area contributed by atoms with Gasteiger partial charge in [0, 0.05) is 11.4 Å². The predicted octanol–water partition coefficient (Wildman–Crippen LogP) is 4.21. The predicted molar refractivity (Wildman–Crippen MR) is 84.4 cm³/mol. The third kappa shape index (κ3) is 3.81. The lowest BCUT2D eigenvalue weighted by Crippen LogP contribution is -2.03. The highest BCUT2D eigenvalue weighted by Crippen LogP contribution is 2.22. The first kappa shape index (κ1) is 15.0. The van der Waals surface area contributed by atoms with Gasteiger partial charge in [-0.15, -0.1) is 0 Å². The Bertz CT molecular complexity index is 651. The molecule has 0 unspecified atom stereocenters. The van der Waals surface area contributed by atoms with Crippen LogP contribution in [0.25, 0.3) is 0 Å². The summed E-state index contributed by atoms with van der Waals surface area (Å²) in [6.07, 6.45) is 0.696. The first-order chi connectivity index (χ1) is 9.99. The van der Waals surface area contributed by atoms with Crippen LogP contribution in [-0.2, 0) is 6.42 Å². The number of carboxylic acid groups (broad SMARTS) is 1. The number of nitrogens with zero attached hydrogens (tertiary/aromatic N) is 1. The molecule has 1 aromatic heterocycles. The minimum absolute atomic E-state index is 0.254. The summed E-state index contributed by atoms with van der Waals surface area (Å²) in [4.78, 5) is 15.6. The number of nitrogens with one attached hydrogen (secondary N) is 1. The van der Waals surface area contributed by atoms with E-state index in [1.807, 2.05) is 19.1 Å².